The number of hydrogen-bond acceptors (Lipinski definition) is 3. The molecule has 1 unspecified atom stereocenters. The summed E-state index contributed by atoms with van der Waals surface area (Å²) in [6.07, 6.45) is 2.30. The molecule has 0 amide bonds. The second-order valence-corrected chi connectivity index (χ2v) is 5.69. The molecule has 0 aromatic heterocycles. The van der Waals surface area contributed by atoms with Crippen LogP contribution in [0, 0.1) is 5.92 Å². The van der Waals surface area contributed by atoms with Crippen LogP contribution in [0.5, 0.6) is 11.5 Å². The third kappa shape index (κ3) is 3.89. The van der Waals surface area contributed by atoms with E-state index in [4.69, 9.17) is 9.47 Å². The Bertz CT molecular complexity index is 419. The summed E-state index contributed by atoms with van der Waals surface area (Å²) < 4.78 is 11.8. The van der Waals surface area contributed by atoms with E-state index in [0.29, 0.717) is 12.0 Å². The summed E-state index contributed by atoms with van der Waals surface area (Å²) in [4.78, 5) is 0. The van der Waals surface area contributed by atoms with Gasteiger partial charge in [0.05, 0.1) is 14.2 Å². The minimum absolute atomic E-state index is 0.323. The number of nitrogens with one attached hydrogen (secondary N) is 1. The van der Waals surface area contributed by atoms with Crippen LogP contribution >= 0.6 is 15.9 Å². The molecule has 0 radical (unpaired) electrons. The van der Waals surface area contributed by atoms with Gasteiger partial charge in [0.25, 0.3) is 0 Å². The molecule has 1 N–H and O–H groups in total. The number of methoxy groups -OCH3 is 2. The van der Waals surface area contributed by atoms with Crippen molar-refractivity contribution < 1.29 is 9.47 Å². The van der Waals surface area contributed by atoms with Gasteiger partial charge in [-0.25, -0.2) is 0 Å². The van der Waals surface area contributed by atoms with Gasteiger partial charge in [-0.3, -0.25) is 0 Å². The Morgan fingerprint density at radius 1 is 1.05 bits per heavy atom. The average molecular weight is 344 g/mol. The van der Waals surface area contributed by atoms with Crippen molar-refractivity contribution in [3.8, 4) is 11.5 Å². The Labute approximate surface area is 131 Å². The van der Waals surface area contributed by atoms with Crippen molar-refractivity contribution in [2.75, 3.05) is 20.8 Å². The molecule has 0 aliphatic carbocycles. The molecule has 20 heavy (non-hydrogen) atoms. The molecule has 1 aromatic rings. The van der Waals surface area contributed by atoms with Gasteiger partial charge >= 0.3 is 0 Å². The highest BCUT2D eigenvalue weighted by Crippen LogP contribution is 2.39. The maximum atomic E-state index is 5.43. The molecule has 0 saturated heterocycles. The zero-order valence-electron chi connectivity index (χ0n) is 13.1. The molecular weight excluding hydrogens is 318 g/mol. The van der Waals surface area contributed by atoms with Crippen LogP contribution in [0.3, 0.4) is 0 Å². The summed E-state index contributed by atoms with van der Waals surface area (Å²) in [6.45, 7) is 7.58. The topological polar surface area (TPSA) is 30.5 Å². The fraction of sp³-hybridized carbons (Fsp3) is 0.625. The molecule has 3 nitrogen and oxygen atoms in total. The summed E-state index contributed by atoms with van der Waals surface area (Å²) in [5, 5.41) is 3.60. The van der Waals surface area contributed by atoms with E-state index in [1.807, 2.05) is 6.07 Å². The lowest BCUT2D eigenvalue weighted by Gasteiger charge is -2.28. The van der Waals surface area contributed by atoms with Crippen molar-refractivity contribution in [1.29, 1.82) is 0 Å². The van der Waals surface area contributed by atoms with E-state index >= 15 is 0 Å². The zero-order chi connectivity index (χ0) is 15.1. The number of benzene rings is 1. The maximum Gasteiger partial charge on any atom is 0.161 e. The molecule has 4 heteroatoms. The minimum Gasteiger partial charge on any atom is -0.493 e. The summed E-state index contributed by atoms with van der Waals surface area (Å²) >= 11 is 3.67. The van der Waals surface area contributed by atoms with E-state index in [9.17, 15) is 0 Å². The van der Waals surface area contributed by atoms with E-state index in [1.165, 1.54) is 5.56 Å². The SMILES string of the molecule is CCNC(c1cc(OC)c(OC)cc1Br)C(CC)CC. The van der Waals surface area contributed by atoms with Crippen LogP contribution in [0.15, 0.2) is 16.6 Å². The standard InChI is InChI=1S/C16H26BrNO2/c1-6-11(7-2)16(18-8-3)12-9-14(19-4)15(20-5)10-13(12)17/h9-11,16,18H,6-8H2,1-5H3. The number of halogens is 1. The number of ether oxygens (including phenoxy) is 2. The molecule has 114 valence electrons. The van der Waals surface area contributed by atoms with Crippen molar-refractivity contribution in [3.05, 3.63) is 22.2 Å². The fourth-order valence-corrected chi connectivity index (χ4v) is 3.19. The van der Waals surface area contributed by atoms with Crippen LogP contribution in [0.25, 0.3) is 0 Å². The van der Waals surface area contributed by atoms with Crippen molar-refractivity contribution >= 4 is 15.9 Å². The summed E-state index contributed by atoms with van der Waals surface area (Å²) in [6, 6.07) is 4.39. The van der Waals surface area contributed by atoms with Crippen LogP contribution in [-0.2, 0) is 0 Å². The van der Waals surface area contributed by atoms with Gasteiger partial charge in [0.1, 0.15) is 0 Å². The van der Waals surface area contributed by atoms with Gasteiger partial charge in [0.15, 0.2) is 11.5 Å². The second-order valence-electron chi connectivity index (χ2n) is 4.84. The third-order valence-electron chi connectivity index (χ3n) is 3.78. The normalized spacial score (nSPS) is 12.6. The van der Waals surface area contributed by atoms with Gasteiger partial charge in [-0.2, -0.15) is 0 Å². The Morgan fingerprint density at radius 2 is 1.60 bits per heavy atom. The molecular formula is C16H26BrNO2. The number of rotatable bonds is 8. The smallest absolute Gasteiger partial charge is 0.161 e. The first-order chi connectivity index (χ1) is 9.62. The van der Waals surface area contributed by atoms with Crippen molar-refractivity contribution in [1.82, 2.24) is 5.32 Å². The van der Waals surface area contributed by atoms with Crippen LogP contribution in [0.2, 0.25) is 0 Å². The maximum absolute atomic E-state index is 5.43. The molecule has 1 rings (SSSR count). The van der Waals surface area contributed by atoms with Crippen LogP contribution in [0.1, 0.15) is 45.2 Å². The zero-order valence-corrected chi connectivity index (χ0v) is 14.7. The molecule has 0 heterocycles. The van der Waals surface area contributed by atoms with Gasteiger partial charge < -0.3 is 14.8 Å². The van der Waals surface area contributed by atoms with Gasteiger partial charge in [0.2, 0.25) is 0 Å². The van der Waals surface area contributed by atoms with E-state index in [1.54, 1.807) is 14.2 Å². The molecule has 0 aliphatic heterocycles. The fourth-order valence-electron chi connectivity index (χ4n) is 2.62. The number of hydrogen-bond donors (Lipinski definition) is 1. The quantitative estimate of drug-likeness (QED) is 0.750. The predicted molar refractivity (Wildman–Crippen MR) is 87.7 cm³/mol. The molecule has 0 saturated carbocycles. The average Bonchev–Trinajstić information content (AvgIpc) is 2.47. The Hall–Kier alpha value is -0.740. The molecule has 1 aromatic carbocycles. The molecule has 0 spiro atoms. The van der Waals surface area contributed by atoms with E-state index < -0.39 is 0 Å². The van der Waals surface area contributed by atoms with Crippen LogP contribution in [0.4, 0.5) is 0 Å². The van der Waals surface area contributed by atoms with Gasteiger partial charge in [0, 0.05) is 10.5 Å². The van der Waals surface area contributed by atoms with Crippen molar-refractivity contribution in [2.24, 2.45) is 5.92 Å². The highest BCUT2D eigenvalue weighted by atomic mass is 79.9. The third-order valence-corrected chi connectivity index (χ3v) is 4.47. The van der Waals surface area contributed by atoms with Gasteiger partial charge in [-0.1, -0.05) is 49.5 Å². The van der Waals surface area contributed by atoms with E-state index in [2.05, 4.69) is 48.1 Å². The van der Waals surface area contributed by atoms with Crippen molar-refractivity contribution in [2.45, 2.75) is 39.7 Å². The van der Waals surface area contributed by atoms with E-state index in [0.717, 1.165) is 35.4 Å². The molecule has 0 aliphatic rings. The first kappa shape index (κ1) is 17.3. The highest BCUT2D eigenvalue weighted by molar-refractivity contribution is 9.10. The Kier molecular flexibility index (Phi) is 7.38. The summed E-state index contributed by atoms with van der Waals surface area (Å²) in [5.74, 6) is 2.13. The predicted octanol–water partition coefficient (Wildman–Crippen LogP) is 4.55. The Balaban J connectivity index is 3.25. The van der Waals surface area contributed by atoms with Crippen LogP contribution in [-0.4, -0.2) is 20.8 Å². The summed E-state index contributed by atoms with van der Waals surface area (Å²) in [7, 11) is 3.33. The second kappa shape index (κ2) is 8.53. The van der Waals surface area contributed by atoms with Crippen molar-refractivity contribution in [3.63, 3.8) is 0 Å². The lowest BCUT2D eigenvalue weighted by atomic mass is 9.88. The molecule has 0 fully saturated rings. The first-order valence-corrected chi connectivity index (χ1v) is 8.06. The monoisotopic (exact) mass is 343 g/mol. The van der Waals surface area contributed by atoms with Crippen LogP contribution < -0.4 is 14.8 Å². The summed E-state index contributed by atoms with van der Waals surface area (Å²) in [5.41, 5.74) is 1.23. The largest absolute Gasteiger partial charge is 0.493 e. The first-order valence-electron chi connectivity index (χ1n) is 7.27. The Morgan fingerprint density at radius 3 is 2.05 bits per heavy atom. The van der Waals surface area contributed by atoms with Gasteiger partial charge in [-0.15, -0.1) is 0 Å². The lowest BCUT2D eigenvalue weighted by Crippen LogP contribution is -2.28. The highest BCUT2D eigenvalue weighted by Gasteiger charge is 2.23. The minimum atomic E-state index is 0.323. The lowest BCUT2D eigenvalue weighted by molar-refractivity contribution is 0.336. The molecule has 0 bridgehead atoms. The molecule has 1 atom stereocenters. The van der Waals surface area contributed by atoms with Gasteiger partial charge in [-0.05, 0) is 30.2 Å². The van der Waals surface area contributed by atoms with E-state index in [-0.39, 0.29) is 0 Å².